The van der Waals surface area contributed by atoms with Gasteiger partial charge in [0.2, 0.25) is 0 Å². The fourth-order valence-electron chi connectivity index (χ4n) is 2.63. The van der Waals surface area contributed by atoms with Gasteiger partial charge in [0.15, 0.2) is 0 Å². The number of Topliss-reactive ketones (excluding diaryl/α,β-unsaturated/α-hetero) is 1. The van der Waals surface area contributed by atoms with Crippen LogP contribution >= 0.6 is 0 Å². The molecule has 0 bridgehead atoms. The van der Waals surface area contributed by atoms with Crippen molar-refractivity contribution in [3.63, 3.8) is 0 Å². The number of pyridine rings is 1. The molecule has 2 aromatic rings. The van der Waals surface area contributed by atoms with Crippen molar-refractivity contribution in [2.24, 2.45) is 5.92 Å². The number of benzene rings is 1. The van der Waals surface area contributed by atoms with E-state index in [2.05, 4.69) is 4.98 Å². The molecule has 1 fully saturated rings. The lowest BCUT2D eigenvalue weighted by Crippen LogP contribution is -2.10. The number of carbonyl (C=O) groups excluding carboxylic acids is 1. The highest BCUT2D eigenvalue weighted by molar-refractivity contribution is 5.86. The van der Waals surface area contributed by atoms with Crippen molar-refractivity contribution in [3.8, 4) is 0 Å². The van der Waals surface area contributed by atoms with Gasteiger partial charge in [0.1, 0.15) is 5.78 Å². The van der Waals surface area contributed by atoms with Gasteiger partial charge in [-0.05, 0) is 30.0 Å². The van der Waals surface area contributed by atoms with Crippen LogP contribution in [0.3, 0.4) is 0 Å². The molecule has 114 valence electrons. The number of hydrogen-bond acceptors (Lipinski definition) is 2. The lowest BCUT2D eigenvalue weighted by molar-refractivity contribution is -0.137. The molecule has 1 aromatic heterocycles. The van der Waals surface area contributed by atoms with E-state index in [1.807, 2.05) is 30.3 Å². The summed E-state index contributed by atoms with van der Waals surface area (Å²) in [5.41, 5.74) is 0.732. The molecule has 1 aromatic carbocycles. The van der Waals surface area contributed by atoms with Gasteiger partial charge in [-0.1, -0.05) is 30.3 Å². The molecular formula is C17H14F3NO. The predicted octanol–water partition coefficient (Wildman–Crippen LogP) is 4.02. The Morgan fingerprint density at radius 3 is 2.45 bits per heavy atom. The van der Waals surface area contributed by atoms with E-state index in [4.69, 9.17) is 0 Å². The molecule has 0 radical (unpaired) electrons. The Hall–Kier alpha value is -2.17. The SMILES string of the molecule is O=C(Cc1ccc(C(F)(F)F)cn1)[C@H]1C[C@@H]1c1ccccc1. The standard InChI is InChI=1S/C17H14F3NO/c18-17(19,20)12-6-7-13(21-10-12)8-16(22)15-9-14(15)11-4-2-1-3-5-11/h1-7,10,14-15H,8-9H2/t14-,15+/m1/s1. The van der Waals surface area contributed by atoms with Crippen molar-refractivity contribution < 1.29 is 18.0 Å². The van der Waals surface area contributed by atoms with Crippen LogP contribution in [0.25, 0.3) is 0 Å². The molecule has 2 atom stereocenters. The summed E-state index contributed by atoms with van der Waals surface area (Å²) in [7, 11) is 0. The van der Waals surface area contributed by atoms with E-state index >= 15 is 0 Å². The lowest BCUT2D eigenvalue weighted by Gasteiger charge is -2.06. The zero-order valence-corrected chi connectivity index (χ0v) is 11.7. The van der Waals surface area contributed by atoms with Crippen LogP contribution in [0.4, 0.5) is 13.2 Å². The first-order valence-corrected chi connectivity index (χ1v) is 7.05. The zero-order chi connectivity index (χ0) is 15.7. The van der Waals surface area contributed by atoms with E-state index in [9.17, 15) is 18.0 Å². The van der Waals surface area contributed by atoms with E-state index in [1.54, 1.807) is 0 Å². The molecule has 0 amide bonds. The highest BCUT2D eigenvalue weighted by atomic mass is 19.4. The molecular weight excluding hydrogens is 291 g/mol. The third-order valence-electron chi connectivity index (χ3n) is 3.94. The lowest BCUT2D eigenvalue weighted by atomic mass is 10.0. The average Bonchev–Trinajstić information content (AvgIpc) is 3.28. The summed E-state index contributed by atoms with van der Waals surface area (Å²) >= 11 is 0. The fourth-order valence-corrected chi connectivity index (χ4v) is 2.63. The van der Waals surface area contributed by atoms with E-state index < -0.39 is 11.7 Å². The second kappa shape index (κ2) is 5.55. The Morgan fingerprint density at radius 1 is 1.14 bits per heavy atom. The average molecular weight is 305 g/mol. The molecule has 1 aliphatic carbocycles. The molecule has 0 N–H and O–H groups in total. The van der Waals surface area contributed by atoms with Gasteiger partial charge >= 0.3 is 6.18 Å². The summed E-state index contributed by atoms with van der Waals surface area (Å²) in [5.74, 6) is 0.246. The molecule has 5 heteroatoms. The van der Waals surface area contributed by atoms with Crippen molar-refractivity contribution in [3.05, 3.63) is 65.5 Å². The fraction of sp³-hybridized carbons (Fsp3) is 0.294. The van der Waals surface area contributed by atoms with Crippen LogP contribution in [-0.2, 0) is 17.4 Å². The number of aromatic nitrogens is 1. The topological polar surface area (TPSA) is 30.0 Å². The molecule has 3 rings (SSSR count). The summed E-state index contributed by atoms with van der Waals surface area (Å²) in [4.78, 5) is 15.9. The van der Waals surface area contributed by atoms with E-state index in [1.165, 1.54) is 6.07 Å². The van der Waals surface area contributed by atoms with E-state index in [-0.39, 0.29) is 24.0 Å². The monoisotopic (exact) mass is 305 g/mol. The van der Waals surface area contributed by atoms with Gasteiger partial charge in [-0.3, -0.25) is 9.78 Å². The molecule has 0 spiro atoms. The normalized spacial score (nSPS) is 20.7. The number of ketones is 1. The van der Waals surface area contributed by atoms with Gasteiger partial charge in [-0.2, -0.15) is 13.2 Å². The maximum absolute atomic E-state index is 12.5. The minimum Gasteiger partial charge on any atom is -0.299 e. The Labute approximate surface area is 126 Å². The molecule has 22 heavy (non-hydrogen) atoms. The Morgan fingerprint density at radius 2 is 1.86 bits per heavy atom. The molecule has 1 aliphatic rings. The molecule has 1 heterocycles. The van der Waals surface area contributed by atoms with Crippen molar-refractivity contribution in [2.45, 2.75) is 24.9 Å². The smallest absolute Gasteiger partial charge is 0.299 e. The maximum atomic E-state index is 12.5. The third-order valence-corrected chi connectivity index (χ3v) is 3.94. The highest BCUT2D eigenvalue weighted by Crippen LogP contribution is 2.48. The number of carbonyl (C=O) groups is 1. The van der Waals surface area contributed by atoms with Gasteiger partial charge in [0.05, 0.1) is 5.56 Å². The third kappa shape index (κ3) is 3.18. The van der Waals surface area contributed by atoms with E-state index in [0.29, 0.717) is 5.69 Å². The summed E-state index contributed by atoms with van der Waals surface area (Å²) < 4.78 is 37.4. The van der Waals surface area contributed by atoms with Gasteiger partial charge in [0, 0.05) is 24.2 Å². The molecule has 0 aliphatic heterocycles. The summed E-state index contributed by atoms with van der Waals surface area (Å²) in [6.45, 7) is 0. The Bertz CT molecular complexity index is 665. The van der Waals surface area contributed by atoms with Crippen molar-refractivity contribution in [1.82, 2.24) is 4.98 Å². The minimum atomic E-state index is -4.40. The maximum Gasteiger partial charge on any atom is 0.417 e. The van der Waals surface area contributed by atoms with E-state index in [0.717, 1.165) is 24.2 Å². The minimum absolute atomic E-state index is 0.0357. The van der Waals surface area contributed by atoms with Gasteiger partial charge in [-0.25, -0.2) is 0 Å². The van der Waals surface area contributed by atoms with Crippen molar-refractivity contribution >= 4 is 5.78 Å². The molecule has 0 saturated heterocycles. The second-order valence-electron chi connectivity index (χ2n) is 5.54. The number of hydrogen-bond donors (Lipinski definition) is 0. The van der Waals surface area contributed by atoms with Crippen molar-refractivity contribution in [2.75, 3.05) is 0 Å². The quantitative estimate of drug-likeness (QED) is 0.854. The van der Waals surface area contributed by atoms with Crippen LogP contribution in [0.2, 0.25) is 0 Å². The van der Waals surface area contributed by atoms with Crippen LogP contribution in [0, 0.1) is 5.92 Å². The molecule has 2 nitrogen and oxygen atoms in total. The number of nitrogens with zero attached hydrogens (tertiary/aromatic N) is 1. The zero-order valence-electron chi connectivity index (χ0n) is 11.7. The predicted molar refractivity (Wildman–Crippen MR) is 75.2 cm³/mol. The van der Waals surface area contributed by atoms with Crippen LogP contribution in [0.5, 0.6) is 0 Å². The Balaban J connectivity index is 1.61. The highest BCUT2D eigenvalue weighted by Gasteiger charge is 2.43. The number of alkyl halides is 3. The van der Waals surface area contributed by atoms with Gasteiger partial charge in [-0.15, -0.1) is 0 Å². The Kier molecular flexibility index (Phi) is 3.72. The first-order valence-electron chi connectivity index (χ1n) is 7.05. The van der Waals surface area contributed by atoms with Crippen LogP contribution in [0.1, 0.15) is 29.2 Å². The molecule has 0 unspecified atom stereocenters. The van der Waals surface area contributed by atoms with Crippen LogP contribution in [0.15, 0.2) is 48.7 Å². The largest absolute Gasteiger partial charge is 0.417 e. The van der Waals surface area contributed by atoms with Crippen molar-refractivity contribution in [1.29, 1.82) is 0 Å². The summed E-state index contributed by atoms with van der Waals surface area (Å²) in [5, 5.41) is 0. The van der Waals surface area contributed by atoms with Gasteiger partial charge in [0.25, 0.3) is 0 Å². The molecule has 1 saturated carbocycles. The first kappa shape index (κ1) is 14.8. The first-order chi connectivity index (χ1) is 10.4. The van der Waals surface area contributed by atoms with Gasteiger partial charge < -0.3 is 0 Å². The second-order valence-corrected chi connectivity index (χ2v) is 5.54. The number of rotatable bonds is 4. The van der Waals surface area contributed by atoms with Crippen LogP contribution in [-0.4, -0.2) is 10.8 Å². The summed E-state index contributed by atoms with van der Waals surface area (Å²) in [6, 6.07) is 12.0. The number of halogens is 3. The summed E-state index contributed by atoms with van der Waals surface area (Å²) in [6.07, 6.45) is -2.72. The van der Waals surface area contributed by atoms with Crippen LogP contribution < -0.4 is 0 Å².